The fourth-order valence-corrected chi connectivity index (χ4v) is 3.71. The fourth-order valence-electron chi connectivity index (χ4n) is 3.11. The molecule has 0 saturated carbocycles. The molecule has 1 saturated heterocycles. The van der Waals surface area contributed by atoms with Crippen LogP contribution in [0, 0.1) is 6.92 Å². The van der Waals surface area contributed by atoms with Crippen molar-refractivity contribution in [3.63, 3.8) is 0 Å². The number of nitrogens with zero attached hydrogens (tertiary/aromatic N) is 2. The van der Waals surface area contributed by atoms with Crippen LogP contribution in [0.5, 0.6) is 5.75 Å². The Morgan fingerprint density at radius 1 is 1.19 bits per heavy atom. The summed E-state index contributed by atoms with van der Waals surface area (Å²) < 4.78 is 5.92. The molecule has 2 heterocycles. The van der Waals surface area contributed by atoms with E-state index in [1.54, 1.807) is 17.4 Å². The van der Waals surface area contributed by atoms with Crippen LogP contribution in [0.25, 0.3) is 6.08 Å². The zero-order chi connectivity index (χ0) is 18.2. The number of rotatable bonds is 5. The maximum absolute atomic E-state index is 12.5. The second kappa shape index (κ2) is 9.53. The van der Waals surface area contributed by atoms with Crippen LogP contribution >= 0.6 is 11.3 Å². The summed E-state index contributed by atoms with van der Waals surface area (Å²) in [5.74, 6) is 0.867. The number of amides is 1. The number of likely N-dealkylation sites (tertiary alicyclic amines) is 1. The fraction of sp³-hybridized carbons (Fsp3) is 0.429. The quantitative estimate of drug-likeness (QED) is 0.708. The first kappa shape index (κ1) is 18.6. The summed E-state index contributed by atoms with van der Waals surface area (Å²) >= 11 is 1.62. The van der Waals surface area contributed by atoms with E-state index in [-0.39, 0.29) is 5.91 Å². The molecule has 3 rings (SSSR count). The van der Waals surface area contributed by atoms with Gasteiger partial charge in [0.1, 0.15) is 12.4 Å². The van der Waals surface area contributed by atoms with Crippen molar-refractivity contribution in [1.82, 2.24) is 9.88 Å². The van der Waals surface area contributed by atoms with E-state index in [1.807, 2.05) is 47.5 Å². The SMILES string of the molecule is Cc1nc(COc2ccccc2C=CC(=O)N2CCCCCCC2)cs1. The zero-order valence-corrected chi connectivity index (χ0v) is 16.1. The van der Waals surface area contributed by atoms with Crippen molar-refractivity contribution in [1.29, 1.82) is 0 Å². The predicted octanol–water partition coefficient (Wildman–Crippen LogP) is 4.84. The predicted molar refractivity (Wildman–Crippen MR) is 106 cm³/mol. The normalized spacial score (nSPS) is 15.7. The van der Waals surface area contributed by atoms with Gasteiger partial charge < -0.3 is 9.64 Å². The average Bonchev–Trinajstić information content (AvgIpc) is 3.03. The number of thiazole rings is 1. The molecule has 1 aromatic heterocycles. The van der Waals surface area contributed by atoms with Crippen molar-refractivity contribution in [2.24, 2.45) is 0 Å². The van der Waals surface area contributed by atoms with Gasteiger partial charge in [-0.3, -0.25) is 4.79 Å². The van der Waals surface area contributed by atoms with Gasteiger partial charge in [0.05, 0.1) is 10.7 Å². The molecule has 0 bridgehead atoms. The third-order valence-electron chi connectivity index (χ3n) is 4.53. The molecule has 1 fully saturated rings. The number of benzene rings is 1. The van der Waals surface area contributed by atoms with Crippen molar-refractivity contribution in [3.05, 3.63) is 52.0 Å². The van der Waals surface area contributed by atoms with Crippen LogP contribution in [0.2, 0.25) is 0 Å². The molecule has 0 N–H and O–H groups in total. The summed E-state index contributed by atoms with van der Waals surface area (Å²) in [5, 5.41) is 3.05. The van der Waals surface area contributed by atoms with Gasteiger partial charge in [-0.1, -0.05) is 37.5 Å². The minimum atomic E-state index is 0.0943. The molecule has 26 heavy (non-hydrogen) atoms. The summed E-state index contributed by atoms with van der Waals surface area (Å²) in [7, 11) is 0. The molecule has 0 radical (unpaired) electrons. The Morgan fingerprint density at radius 3 is 2.65 bits per heavy atom. The van der Waals surface area contributed by atoms with E-state index in [0.29, 0.717) is 6.61 Å². The standard InChI is InChI=1S/C21H26N2O2S/c1-17-22-19(16-26-17)15-25-20-10-6-5-9-18(20)11-12-21(24)23-13-7-3-2-4-8-14-23/h5-6,9-12,16H,2-4,7-8,13-15H2,1H3. The van der Waals surface area contributed by atoms with Gasteiger partial charge in [0.25, 0.3) is 0 Å². The molecule has 1 amide bonds. The lowest BCUT2D eigenvalue weighted by Gasteiger charge is -2.23. The van der Waals surface area contributed by atoms with E-state index >= 15 is 0 Å². The third-order valence-corrected chi connectivity index (χ3v) is 5.36. The van der Waals surface area contributed by atoms with E-state index in [1.165, 1.54) is 19.3 Å². The highest BCUT2D eigenvalue weighted by molar-refractivity contribution is 7.09. The smallest absolute Gasteiger partial charge is 0.246 e. The number of aryl methyl sites for hydroxylation is 1. The molecule has 138 valence electrons. The van der Waals surface area contributed by atoms with Crippen LogP contribution in [-0.2, 0) is 11.4 Å². The monoisotopic (exact) mass is 370 g/mol. The zero-order valence-electron chi connectivity index (χ0n) is 15.3. The molecule has 1 aliphatic rings. The lowest BCUT2D eigenvalue weighted by molar-refractivity contribution is -0.126. The first-order valence-corrected chi connectivity index (χ1v) is 10.2. The van der Waals surface area contributed by atoms with Crippen molar-refractivity contribution in [3.8, 4) is 5.75 Å². The Hall–Kier alpha value is -2.14. The first-order valence-electron chi connectivity index (χ1n) is 9.32. The van der Waals surface area contributed by atoms with Gasteiger partial charge >= 0.3 is 0 Å². The Morgan fingerprint density at radius 2 is 1.92 bits per heavy atom. The number of aromatic nitrogens is 1. The second-order valence-corrected chi connectivity index (χ2v) is 7.67. The number of carbonyl (C=O) groups excluding carboxylic acids is 1. The molecule has 0 unspecified atom stereocenters. The molecule has 0 atom stereocenters. The maximum Gasteiger partial charge on any atom is 0.246 e. The van der Waals surface area contributed by atoms with Gasteiger partial charge in [-0.15, -0.1) is 11.3 Å². The van der Waals surface area contributed by atoms with E-state index in [4.69, 9.17) is 4.74 Å². The molecule has 0 aliphatic carbocycles. The van der Waals surface area contributed by atoms with Crippen LogP contribution in [0.1, 0.15) is 48.4 Å². The molecule has 1 aromatic carbocycles. The number of hydrogen-bond donors (Lipinski definition) is 0. The second-order valence-electron chi connectivity index (χ2n) is 6.61. The summed E-state index contributed by atoms with van der Waals surface area (Å²) in [6.07, 6.45) is 9.49. The highest BCUT2D eigenvalue weighted by atomic mass is 32.1. The lowest BCUT2D eigenvalue weighted by atomic mass is 10.1. The van der Waals surface area contributed by atoms with Crippen LogP contribution in [0.15, 0.2) is 35.7 Å². The molecular formula is C21H26N2O2S. The van der Waals surface area contributed by atoms with Crippen LogP contribution in [-0.4, -0.2) is 28.9 Å². The van der Waals surface area contributed by atoms with E-state index in [0.717, 1.165) is 47.9 Å². The van der Waals surface area contributed by atoms with Gasteiger partial charge in [0, 0.05) is 30.1 Å². The highest BCUT2D eigenvalue weighted by Gasteiger charge is 2.12. The van der Waals surface area contributed by atoms with Crippen molar-refractivity contribution in [2.45, 2.75) is 45.6 Å². The lowest BCUT2D eigenvalue weighted by Crippen LogP contribution is -2.32. The van der Waals surface area contributed by atoms with Crippen LogP contribution in [0.3, 0.4) is 0 Å². The summed E-state index contributed by atoms with van der Waals surface area (Å²) in [4.78, 5) is 18.9. The number of ether oxygens (including phenoxy) is 1. The van der Waals surface area contributed by atoms with Crippen molar-refractivity contribution in [2.75, 3.05) is 13.1 Å². The molecular weight excluding hydrogens is 344 g/mol. The molecule has 2 aromatic rings. The number of hydrogen-bond acceptors (Lipinski definition) is 4. The Labute approximate surface area is 159 Å². The van der Waals surface area contributed by atoms with E-state index in [2.05, 4.69) is 4.98 Å². The van der Waals surface area contributed by atoms with Gasteiger partial charge in [-0.25, -0.2) is 4.98 Å². The highest BCUT2D eigenvalue weighted by Crippen LogP contribution is 2.21. The topological polar surface area (TPSA) is 42.4 Å². The van der Waals surface area contributed by atoms with Crippen LogP contribution in [0.4, 0.5) is 0 Å². The van der Waals surface area contributed by atoms with Gasteiger partial charge in [-0.2, -0.15) is 0 Å². The summed E-state index contributed by atoms with van der Waals surface area (Å²) in [6, 6.07) is 7.80. The van der Waals surface area contributed by atoms with Crippen molar-refractivity contribution < 1.29 is 9.53 Å². The molecule has 1 aliphatic heterocycles. The Kier molecular flexibility index (Phi) is 6.83. The third kappa shape index (κ3) is 5.43. The van der Waals surface area contributed by atoms with Gasteiger partial charge in [-0.05, 0) is 31.9 Å². The van der Waals surface area contributed by atoms with Gasteiger partial charge in [0.2, 0.25) is 5.91 Å². The summed E-state index contributed by atoms with van der Waals surface area (Å²) in [5.41, 5.74) is 1.85. The first-order chi connectivity index (χ1) is 12.7. The largest absolute Gasteiger partial charge is 0.487 e. The molecule has 4 nitrogen and oxygen atoms in total. The number of para-hydroxylation sites is 1. The minimum Gasteiger partial charge on any atom is -0.487 e. The van der Waals surface area contributed by atoms with Crippen molar-refractivity contribution >= 4 is 23.3 Å². The van der Waals surface area contributed by atoms with Gasteiger partial charge in [0.15, 0.2) is 0 Å². The number of carbonyl (C=O) groups is 1. The molecule has 0 spiro atoms. The van der Waals surface area contributed by atoms with E-state index < -0.39 is 0 Å². The Bertz CT molecular complexity index is 746. The average molecular weight is 371 g/mol. The van der Waals surface area contributed by atoms with Crippen LogP contribution < -0.4 is 4.74 Å². The maximum atomic E-state index is 12.5. The molecule has 5 heteroatoms. The minimum absolute atomic E-state index is 0.0943. The Balaban J connectivity index is 1.62. The van der Waals surface area contributed by atoms with E-state index in [9.17, 15) is 4.79 Å². The summed E-state index contributed by atoms with van der Waals surface area (Å²) in [6.45, 7) is 4.16.